The van der Waals surface area contributed by atoms with Gasteiger partial charge in [0.1, 0.15) is 12.4 Å². The largest absolute Gasteiger partial charge is 0.492 e. The van der Waals surface area contributed by atoms with Crippen LogP contribution in [0.2, 0.25) is 0 Å². The van der Waals surface area contributed by atoms with Crippen LogP contribution in [0.1, 0.15) is 13.3 Å². The van der Waals surface area contributed by atoms with Crippen LogP contribution in [-0.2, 0) is 0 Å². The van der Waals surface area contributed by atoms with E-state index in [4.69, 9.17) is 4.74 Å². The summed E-state index contributed by atoms with van der Waals surface area (Å²) >= 11 is 5.39. The topological polar surface area (TPSA) is 21.3 Å². The number of rotatable bonds is 9. The van der Waals surface area contributed by atoms with E-state index in [1.807, 2.05) is 36.0 Å². The predicted molar refractivity (Wildman–Crippen MR) is 80.1 cm³/mol. The summed E-state index contributed by atoms with van der Waals surface area (Å²) in [5.41, 5.74) is 0. The summed E-state index contributed by atoms with van der Waals surface area (Å²) in [6.07, 6.45) is 1.23. The molecule has 4 heteroatoms. The predicted octanol–water partition coefficient (Wildman–Crippen LogP) is 3.56. The number of benzene rings is 1. The summed E-state index contributed by atoms with van der Waals surface area (Å²) in [6.45, 7) is 4.91. The molecule has 0 aliphatic carbocycles. The lowest BCUT2D eigenvalue weighted by Crippen LogP contribution is -2.22. The van der Waals surface area contributed by atoms with Crippen molar-refractivity contribution >= 4 is 27.7 Å². The Hall–Kier alpha value is -0.190. The average Bonchev–Trinajstić information content (AvgIpc) is 2.35. The third-order valence-electron chi connectivity index (χ3n) is 2.21. The van der Waals surface area contributed by atoms with Crippen molar-refractivity contribution < 1.29 is 4.74 Å². The van der Waals surface area contributed by atoms with Crippen LogP contribution in [0.25, 0.3) is 0 Å². The van der Waals surface area contributed by atoms with Crippen molar-refractivity contribution in [2.24, 2.45) is 0 Å². The van der Waals surface area contributed by atoms with Crippen LogP contribution in [0, 0.1) is 0 Å². The van der Waals surface area contributed by atoms with E-state index in [9.17, 15) is 0 Å². The minimum Gasteiger partial charge on any atom is -0.492 e. The number of hydrogen-bond donors (Lipinski definition) is 1. The van der Waals surface area contributed by atoms with E-state index in [1.54, 1.807) is 0 Å². The highest BCUT2D eigenvalue weighted by molar-refractivity contribution is 9.10. The first kappa shape index (κ1) is 14.9. The standard InChI is InChI=1S/C13H20BrNOS/c1-2-17-11-3-8-15-9-10-16-13-6-4-12(14)5-7-13/h4-7,15H,2-3,8-11H2,1H3. The van der Waals surface area contributed by atoms with Gasteiger partial charge in [-0.1, -0.05) is 22.9 Å². The molecule has 0 atom stereocenters. The normalized spacial score (nSPS) is 10.5. The first-order valence-electron chi connectivity index (χ1n) is 5.99. The van der Waals surface area contributed by atoms with Crippen molar-refractivity contribution in [2.75, 3.05) is 31.2 Å². The zero-order valence-corrected chi connectivity index (χ0v) is 12.6. The van der Waals surface area contributed by atoms with Gasteiger partial charge in [0.05, 0.1) is 0 Å². The Balaban J connectivity index is 1.95. The van der Waals surface area contributed by atoms with Crippen LogP contribution in [0.15, 0.2) is 28.7 Å². The molecule has 1 N–H and O–H groups in total. The van der Waals surface area contributed by atoms with Gasteiger partial charge in [-0.3, -0.25) is 0 Å². The summed E-state index contributed by atoms with van der Waals surface area (Å²) in [5, 5.41) is 3.38. The number of hydrogen-bond acceptors (Lipinski definition) is 3. The van der Waals surface area contributed by atoms with Gasteiger partial charge in [0.25, 0.3) is 0 Å². The molecule has 0 amide bonds. The Morgan fingerprint density at radius 3 is 2.71 bits per heavy atom. The molecule has 0 bridgehead atoms. The zero-order chi connectivity index (χ0) is 12.3. The Morgan fingerprint density at radius 2 is 2.00 bits per heavy atom. The monoisotopic (exact) mass is 317 g/mol. The minimum absolute atomic E-state index is 0.725. The first-order valence-corrected chi connectivity index (χ1v) is 7.94. The van der Waals surface area contributed by atoms with Crippen molar-refractivity contribution in [3.05, 3.63) is 28.7 Å². The molecule has 0 heterocycles. The van der Waals surface area contributed by atoms with Gasteiger partial charge in [0, 0.05) is 11.0 Å². The number of halogens is 1. The molecule has 0 saturated carbocycles. The summed E-state index contributed by atoms with van der Waals surface area (Å²) in [7, 11) is 0. The maximum absolute atomic E-state index is 5.60. The highest BCUT2D eigenvalue weighted by atomic mass is 79.9. The zero-order valence-electron chi connectivity index (χ0n) is 10.2. The van der Waals surface area contributed by atoms with Crippen molar-refractivity contribution in [2.45, 2.75) is 13.3 Å². The van der Waals surface area contributed by atoms with Crippen LogP contribution < -0.4 is 10.1 Å². The molecule has 1 aromatic carbocycles. The van der Waals surface area contributed by atoms with E-state index in [0.29, 0.717) is 0 Å². The van der Waals surface area contributed by atoms with Crippen LogP contribution in [-0.4, -0.2) is 31.2 Å². The molecule has 1 rings (SSSR count). The van der Waals surface area contributed by atoms with Gasteiger partial charge in [-0.25, -0.2) is 0 Å². The lowest BCUT2D eigenvalue weighted by atomic mass is 10.3. The van der Waals surface area contributed by atoms with Crippen molar-refractivity contribution in [1.29, 1.82) is 0 Å². The Labute approximate surface area is 117 Å². The molecule has 0 unspecified atom stereocenters. The molecule has 0 fully saturated rings. The fourth-order valence-corrected chi connectivity index (χ4v) is 2.24. The van der Waals surface area contributed by atoms with Gasteiger partial charge in [0.15, 0.2) is 0 Å². The van der Waals surface area contributed by atoms with Gasteiger partial charge < -0.3 is 10.1 Å². The van der Waals surface area contributed by atoms with Gasteiger partial charge in [0.2, 0.25) is 0 Å². The van der Waals surface area contributed by atoms with Gasteiger partial charge in [-0.2, -0.15) is 11.8 Å². The van der Waals surface area contributed by atoms with E-state index in [2.05, 4.69) is 28.2 Å². The lowest BCUT2D eigenvalue weighted by Gasteiger charge is -2.07. The Bertz CT molecular complexity index is 292. The third-order valence-corrected chi connectivity index (χ3v) is 3.72. The second-order valence-electron chi connectivity index (χ2n) is 3.60. The van der Waals surface area contributed by atoms with Crippen LogP contribution in [0.3, 0.4) is 0 Å². The fourth-order valence-electron chi connectivity index (χ4n) is 1.34. The molecule has 0 aliphatic heterocycles. The number of ether oxygens (including phenoxy) is 1. The van der Waals surface area contributed by atoms with Gasteiger partial charge in [-0.15, -0.1) is 0 Å². The second-order valence-corrected chi connectivity index (χ2v) is 5.91. The summed E-state index contributed by atoms with van der Waals surface area (Å²) in [4.78, 5) is 0. The highest BCUT2D eigenvalue weighted by Crippen LogP contribution is 2.15. The summed E-state index contributed by atoms with van der Waals surface area (Å²) in [5.74, 6) is 3.39. The third kappa shape index (κ3) is 7.68. The van der Waals surface area contributed by atoms with E-state index in [-0.39, 0.29) is 0 Å². The molecule has 0 radical (unpaired) electrons. The number of nitrogens with one attached hydrogen (secondary N) is 1. The summed E-state index contributed by atoms with van der Waals surface area (Å²) < 4.78 is 6.68. The second kappa shape index (κ2) is 9.80. The lowest BCUT2D eigenvalue weighted by molar-refractivity contribution is 0.314. The SMILES string of the molecule is CCSCCCNCCOc1ccc(Br)cc1. The molecule has 17 heavy (non-hydrogen) atoms. The van der Waals surface area contributed by atoms with E-state index < -0.39 is 0 Å². The van der Waals surface area contributed by atoms with Crippen molar-refractivity contribution in [3.8, 4) is 5.75 Å². The molecule has 0 aromatic heterocycles. The quantitative estimate of drug-likeness (QED) is 0.704. The molecule has 1 aromatic rings. The molecule has 2 nitrogen and oxygen atoms in total. The van der Waals surface area contributed by atoms with Crippen LogP contribution in [0.5, 0.6) is 5.75 Å². The Morgan fingerprint density at radius 1 is 1.24 bits per heavy atom. The molecule has 0 aliphatic rings. The maximum Gasteiger partial charge on any atom is 0.119 e. The van der Waals surface area contributed by atoms with E-state index in [0.717, 1.165) is 29.9 Å². The van der Waals surface area contributed by atoms with Gasteiger partial charge >= 0.3 is 0 Å². The van der Waals surface area contributed by atoms with Crippen molar-refractivity contribution in [1.82, 2.24) is 5.32 Å². The number of thioether (sulfide) groups is 1. The summed E-state index contributed by atoms with van der Waals surface area (Å²) in [6, 6.07) is 7.93. The molecule has 0 spiro atoms. The smallest absolute Gasteiger partial charge is 0.119 e. The molecular formula is C13H20BrNOS. The first-order chi connectivity index (χ1) is 8.33. The highest BCUT2D eigenvalue weighted by Gasteiger charge is 1.93. The van der Waals surface area contributed by atoms with Crippen molar-refractivity contribution in [3.63, 3.8) is 0 Å². The molecule has 0 saturated heterocycles. The van der Waals surface area contributed by atoms with Crippen LogP contribution in [0.4, 0.5) is 0 Å². The molecule has 96 valence electrons. The maximum atomic E-state index is 5.60. The Kier molecular flexibility index (Phi) is 8.57. The van der Waals surface area contributed by atoms with E-state index in [1.165, 1.54) is 17.9 Å². The average molecular weight is 318 g/mol. The minimum atomic E-state index is 0.725. The van der Waals surface area contributed by atoms with E-state index >= 15 is 0 Å². The van der Waals surface area contributed by atoms with Gasteiger partial charge in [-0.05, 0) is 48.7 Å². The van der Waals surface area contributed by atoms with Crippen LogP contribution >= 0.6 is 27.7 Å². The fraction of sp³-hybridized carbons (Fsp3) is 0.538. The molecular weight excluding hydrogens is 298 g/mol.